The molecule has 2 atom stereocenters. The van der Waals surface area contributed by atoms with Gasteiger partial charge >= 0.3 is 5.97 Å². The Morgan fingerprint density at radius 3 is 2.44 bits per heavy atom. The van der Waals surface area contributed by atoms with Crippen molar-refractivity contribution in [2.75, 3.05) is 13.1 Å². The molecule has 7 nitrogen and oxygen atoms in total. The Morgan fingerprint density at radius 2 is 1.89 bits per heavy atom. The third kappa shape index (κ3) is 5.52. The van der Waals surface area contributed by atoms with Crippen molar-refractivity contribution in [2.24, 2.45) is 11.8 Å². The van der Waals surface area contributed by atoms with Crippen molar-refractivity contribution in [1.82, 2.24) is 9.62 Å². The zero-order valence-corrected chi connectivity index (χ0v) is 16.8. The van der Waals surface area contributed by atoms with Crippen molar-refractivity contribution in [1.29, 1.82) is 0 Å². The molecule has 1 heterocycles. The van der Waals surface area contributed by atoms with Crippen LogP contribution in [0.1, 0.15) is 38.7 Å². The fraction of sp³-hybridized carbons (Fsp3) is 0.579. The topological polar surface area (TPSA) is 104 Å². The third-order valence-electron chi connectivity index (χ3n) is 4.74. The molecule has 2 rings (SSSR count). The number of benzene rings is 1. The molecule has 150 valence electrons. The Hall–Kier alpha value is -1.93. The van der Waals surface area contributed by atoms with E-state index >= 15 is 0 Å². The molecule has 1 fully saturated rings. The first kappa shape index (κ1) is 21.4. The van der Waals surface area contributed by atoms with E-state index in [-0.39, 0.29) is 17.4 Å². The van der Waals surface area contributed by atoms with E-state index in [1.165, 1.54) is 4.31 Å². The molecule has 27 heavy (non-hydrogen) atoms. The molecule has 1 aliphatic heterocycles. The van der Waals surface area contributed by atoms with Crippen LogP contribution in [0.5, 0.6) is 0 Å². The molecule has 1 amide bonds. The van der Waals surface area contributed by atoms with Crippen molar-refractivity contribution in [2.45, 2.75) is 51.0 Å². The Bertz CT molecular complexity index is 774. The number of aryl methyl sites for hydroxylation is 1. The summed E-state index contributed by atoms with van der Waals surface area (Å²) < 4.78 is 27.0. The first-order chi connectivity index (χ1) is 12.6. The number of nitrogens with zero attached hydrogens (tertiary/aromatic N) is 1. The van der Waals surface area contributed by atoms with Gasteiger partial charge in [-0.3, -0.25) is 4.79 Å². The molecule has 8 heteroatoms. The quantitative estimate of drug-likeness (QED) is 0.734. The molecule has 1 aromatic rings. The van der Waals surface area contributed by atoms with E-state index in [0.29, 0.717) is 25.8 Å². The second kappa shape index (κ2) is 8.84. The average molecular weight is 397 g/mol. The summed E-state index contributed by atoms with van der Waals surface area (Å²) in [6.45, 7) is 6.08. The molecular weight excluding hydrogens is 368 g/mol. The Balaban J connectivity index is 2.09. The highest BCUT2D eigenvalue weighted by Crippen LogP contribution is 2.24. The summed E-state index contributed by atoms with van der Waals surface area (Å²) >= 11 is 0. The maximum absolute atomic E-state index is 12.8. The zero-order chi connectivity index (χ0) is 20.2. The number of carbonyl (C=O) groups excluding carboxylic acids is 1. The number of piperidine rings is 1. The molecule has 1 aromatic carbocycles. The highest BCUT2D eigenvalue weighted by atomic mass is 32.2. The smallest absolute Gasteiger partial charge is 0.326 e. The second-order valence-corrected chi connectivity index (χ2v) is 9.48. The molecule has 0 aromatic heterocycles. The predicted octanol–water partition coefficient (Wildman–Crippen LogP) is 2.01. The lowest BCUT2D eigenvalue weighted by Crippen LogP contribution is -2.49. The minimum absolute atomic E-state index is 0.0655. The molecule has 1 unspecified atom stereocenters. The summed E-state index contributed by atoms with van der Waals surface area (Å²) in [5.74, 6) is -1.90. The number of carboxylic acids is 1. The van der Waals surface area contributed by atoms with Crippen LogP contribution in [0, 0.1) is 18.8 Å². The van der Waals surface area contributed by atoms with Gasteiger partial charge < -0.3 is 10.4 Å². The number of aliphatic carboxylic acids is 1. The summed E-state index contributed by atoms with van der Waals surface area (Å²) in [7, 11) is -3.67. The molecule has 0 radical (unpaired) electrons. The summed E-state index contributed by atoms with van der Waals surface area (Å²) in [4.78, 5) is 24.1. The van der Waals surface area contributed by atoms with Crippen LogP contribution < -0.4 is 5.32 Å². The van der Waals surface area contributed by atoms with Gasteiger partial charge in [0.25, 0.3) is 0 Å². The highest BCUT2D eigenvalue weighted by Gasteiger charge is 2.34. The lowest BCUT2D eigenvalue weighted by atomic mass is 9.97. The molecule has 0 saturated carbocycles. The van der Waals surface area contributed by atoms with Gasteiger partial charge in [0.15, 0.2) is 0 Å². The number of hydrogen-bond donors (Lipinski definition) is 2. The van der Waals surface area contributed by atoms with Crippen LogP contribution in [0.3, 0.4) is 0 Å². The van der Waals surface area contributed by atoms with Gasteiger partial charge in [0.1, 0.15) is 6.04 Å². The number of hydrogen-bond acceptors (Lipinski definition) is 4. The Morgan fingerprint density at radius 1 is 1.26 bits per heavy atom. The van der Waals surface area contributed by atoms with Gasteiger partial charge in [0.2, 0.25) is 15.9 Å². The van der Waals surface area contributed by atoms with Gasteiger partial charge in [-0.2, -0.15) is 4.31 Å². The van der Waals surface area contributed by atoms with Gasteiger partial charge in [-0.05, 0) is 44.2 Å². The van der Waals surface area contributed by atoms with E-state index < -0.39 is 33.9 Å². The number of carboxylic acid groups (broad SMARTS) is 1. The molecule has 1 aliphatic rings. The largest absolute Gasteiger partial charge is 0.480 e. The van der Waals surface area contributed by atoms with Crippen LogP contribution in [0.4, 0.5) is 0 Å². The predicted molar refractivity (Wildman–Crippen MR) is 102 cm³/mol. The summed E-state index contributed by atoms with van der Waals surface area (Å²) in [6, 6.07) is 5.66. The van der Waals surface area contributed by atoms with Gasteiger partial charge in [-0.15, -0.1) is 0 Å². The van der Waals surface area contributed by atoms with E-state index in [0.717, 1.165) is 5.56 Å². The van der Waals surface area contributed by atoms with Crippen molar-refractivity contribution in [3.63, 3.8) is 0 Å². The molecule has 0 spiro atoms. The Kier molecular flexibility index (Phi) is 7.00. The second-order valence-electron chi connectivity index (χ2n) is 7.54. The van der Waals surface area contributed by atoms with Crippen LogP contribution >= 0.6 is 0 Å². The Labute approximate surface area is 160 Å². The van der Waals surface area contributed by atoms with Crippen LogP contribution in [-0.4, -0.2) is 48.8 Å². The van der Waals surface area contributed by atoms with Gasteiger partial charge in [0, 0.05) is 13.1 Å². The van der Waals surface area contributed by atoms with Crippen molar-refractivity contribution < 1.29 is 23.1 Å². The zero-order valence-electron chi connectivity index (χ0n) is 16.0. The fourth-order valence-corrected chi connectivity index (χ4v) is 4.74. The minimum Gasteiger partial charge on any atom is -0.480 e. The number of carbonyl (C=O) groups is 2. The first-order valence-electron chi connectivity index (χ1n) is 9.21. The lowest BCUT2D eigenvalue weighted by Gasteiger charge is -2.32. The van der Waals surface area contributed by atoms with Crippen LogP contribution in [0.2, 0.25) is 0 Å². The normalized spacial score (nSPS) is 19.6. The maximum atomic E-state index is 12.8. The SMILES string of the molecule is Cc1ccc(S(=O)(=O)N2CCCC(C(=O)N[C@H](CC(C)C)C(=O)O)C2)cc1. The monoisotopic (exact) mass is 396 g/mol. The summed E-state index contributed by atoms with van der Waals surface area (Å²) in [6.07, 6.45) is 1.43. The van der Waals surface area contributed by atoms with E-state index in [1.54, 1.807) is 24.3 Å². The standard InChI is InChI=1S/C19H28N2O5S/c1-13(2)11-17(19(23)24)20-18(22)15-5-4-10-21(12-15)27(25,26)16-8-6-14(3)7-9-16/h6-9,13,15,17H,4-5,10-12H2,1-3H3,(H,20,22)(H,23,24)/t15?,17-/m1/s1. The lowest BCUT2D eigenvalue weighted by molar-refractivity contribution is -0.143. The number of nitrogens with one attached hydrogen (secondary N) is 1. The summed E-state index contributed by atoms with van der Waals surface area (Å²) in [5.41, 5.74) is 0.967. The molecule has 1 saturated heterocycles. The van der Waals surface area contributed by atoms with Crippen molar-refractivity contribution in [3.8, 4) is 0 Å². The number of rotatable bonds is 7. The van der Waals surface area contributed by atoms with E-state index in [1.807, 2.05) is 20.8 Å². The van der Waals surface area contributed by atoms with E-state index in [4.69, 9.17) is 0 Å². The van der Waals surface area contributed by atoms with Gasteiger partial charge in [-0.25, -0.2) is 13.2 Å². The van der Waals surface area contributed by atoms with Gasteiger partial charge in [0.05, 0.1) is 10.8 Å². The highest BCUT2D eigenvalue weighted by molar-refractivity contribution is 7.89. The van der Waals surface area contributed by atoms with Crippen LogP contribution in [0.15, 0.2) is 29.2 Å². The fourth-order valence-electron chi connectivity index (χ4n) is 3.22. The van der Waals surface area contributed by atoms with E-state index in [9.17, 15) is 23.1 Å². The van der Waals surface area contributed by atoms with Crippen molar-refractivity contribution >= 4 is 21.9 Å². The minimum atomic E-state index is -3.67. The maximum Gasteiger partial charge on any atom is 0.326 e. The molecule has 0 bridgehead atoms. The van der Waals surface area contributed by atoms with Crippen LogP contribution in [0.25, 0.3) is 0 Å². The number of amides is 1. The van der Waals surface area contributed by atoms with Crippen molar-refractivity contribution in [3.05, 3.63) is 29.8 Å². The third-order valence-corrected chi connectivity index (χ3v) is 6.61. The molecular formula is C19H28N2O5S. The summed E-state index contributed by atoms with van der Waals surface area (Å²) in [5, 5.41) is 11.9. The molecule has 2 N–H and O–H groups in total. The molecule has 0 aliphatic carbocycles. The van der Waals surface area contributed by atoms with Gasteiger partial charge in [-0.1, -0.05) is 31.5 Å². The number of sulfonamides is 1. The first-order valence-corrected chi connectivity index (χ1v) is 10.6. The average Bonchev–Trinajstić information content (AvgIpc) is 2.61. The van der Waals surface area contributed by atoms with E-state index in [2.05, 4.69) is 5.32 Å². The van der Waals surface area contributed by atoms with Crippen LogP contribution in [-0.2, 0) is 19.6 Å².